The summed E-state index contributed by atoms with van der Waals surface area (Å²) < 4.78 is 10.5. The lowest BCUT2D eigenvalue weighted by Gasteiger charge is -2.11. The molecule has 2 aromatic rings. The van der Waals surface area contributed by atoms with E-state index >= 15 is 0 Å². The van der Waals surface area contributed by atoms with Crippen molar-refractivity contribution in [3.05, 3.63) is 48.0 Å². The lowest BCUT2D eigenvalue weighted by atomic mass is 10.0. The number of benzene rings is 2. The van der Waals surface area contributed by atoms with Crippen molar-refractivity contribution in [3.63, 3.8) is 0 Å². The fourth-order valence-corrected chi connectivity index (χ4v) is 2.19. The molecule has 2 rings (SSSR count). The second-order valence-corrected chi connectivity index (χ2v) is 4.92. The highest BCUT2D eigenvalue weighted by Gasteiger charge is 2.12. The topological polar surface area (TPSA) is 81.8 Å². The molecule has 0 bridgehead atoms. The molecule has 0 spiro atoms. The van der Waals surface area contributed by atoms with Crippen LogP contribution in [-0.2, 0) is 11.2 Å². The molecule has 1 atom stereocenters. The Kier molecular flexibility index (Phi) is 5.01. The van der Waals surface area contributed by atoms with Crippen LogP contribution < -0.4 is 15.2 Å². The zero-order chi connectivity index (χ0) is 16.1. The molecular weight excluding hydrogens is 282 g/mol. The largest absolute Gasteiger partial charge is 0.493 e. The van der Waals surface area contributed by atoms with Crippen LogP contribution in [0.4, 0.5) is 0 Å². The molecule has 22 heavy (non-hydrogen) atoms. The second-order valence-electron chi connectivity index (χ2n) is 4.92. The molecule has 0 saturated heterocycles. The van der Waals surface area contributed by atoms with Crippen LogP contribution >= 0.6 is 0 Å². The van der Waals surface area contributed by atoms with Gasteiger partial charge in [-0.25, -0.2) is 0 Å². The summed E-state index contributed by atoms with van der Waals surface area (Å²) in [5, 5.41) is 8.83. The molecule has 0 aliphatic rings. The summed E-state index contributed by atoms with van der Waals surface area (Å²) in [6.45, 7) is 0. The molecule has 0 fully saturated rings. The Morgan fingerprint density at radius 3 is 2.18 bits per heavy atom. The number of ether oxygens (including phenoxy) is 2. The predicted molar refractivity (Wildman–Crippen MR) is 84.3 cm³/mol. The molecule has 0 amide bonds. The van der Waals surface area contributed by atoms with Gasteiger partial charge in [0.2, 0.25) is 0 Å². The maximum absolute atomic E-state index is 10.8. The number of hydrogen-bond acceptors (Lipinski definition) is 4. The van der Waals surface area contributed by atoms with Gasteiger partial charge in [0.05, 0.1) is 14.2 Å². The number of aliphatic carboxylic acids is 1. The van der Waals surface area contributed by atoms with Crippen molar-refractivity contribution in [1.29, 1.82) is 0 Å². The molecule has 0 radical (unpaired) electrons. The van der Waals surface area contributed by atoms with Crippen LogP contribution in [0.1, 0.15) is 5.56 Å². The van der Waals surface area contributed by atoms with Crippen LogP contribution in [-0.4, -0.2) is 31.3 Å². The van der Waals surface area contributed by atoms with E-state index in [2.05, 4.69) is 0 Å². The van der Waals surface area contributed by atoms with E-state index in [4.69, 9.17) is 20.3 Å². The highest BCUT2D eigenvalue weighted by Crippen LogP contribution is 2.32. The number of carbonyl (C=O) groups is 1. The maximum atomic E-state index is 10.8. The van der Waals surface area contributed by atoms with Gasteiger partial charge in [0, 0.05) is 0 Å². The van der Waals surface area contributed by atoms with Crippen molar-refractivity contribution in [2.24, 2.45) is 5.73 Å². The van der Waals surface area contributed by atoms with Crippen LogP contribution in [0.3, 0.4) is 0 Å². The standard InChI is InChI=1S/C17H19NO4/c1-21-15-8-7-13(10-16(15)22-2)12-5-3-11(4-6-12)9-14(18)17(19)20/h3-8,10,14H,9,18H2,1-2H3,(H,19,20)/t14-/m0/s1. The lowest BCUT2D eigenvalue weighted by Crippen LogP contribution is -2.32. The van der Waals surface area contributed by atoms with Crippen LogP contribution in [0.2, 0.25) is 0 Å². The normalized spacial score (nSPS) is 11.8. The third-order valence-electron chi connectivity index (χ3n) is 3.44. The molecule has 0 aromatic heterocycles. The molecule has 116 valence electrons. The van der Waals surface area contributed by atoms with E-state index in [-0.39, 0.29) is 0 Å². The maximum Gasteiger partial charge on any atom is 0.320 e. The number of nitrogens with two attached hydrogens (primary N) is 1. The SMILES string of the molecule is COc1ccc(-c2ccc(C[C@H](N)C(=O)O)cc2)cc1OC. The molecule has 0 heterocycles. The molecule has 0 aliphatic heterocycles. The molecule has 5 heteroatoms. The van der Waals surface area contributed by atoms with Gasteiger partial charge >= 0.3 is 5.97 Å². The molecule has 5 nitrogen and oxygen atoms in total. The molecule has 0 aliphatic carbocycles. The fourth-order valence-electron chi connectivity index (χ4n) is 2.19. The third-order valence-corrected chi connectivity index (χ3v) is 3.44. The molecule has 0 saturated carbocycles. The summed E-state index contributed by atoms with van der Waals surface area (Å²) in [4.78, 5) is 10.8. The van der Waals surface area contributed by atoms with Crippen molar-refractivity contribution in [1.82, 2.24) is 0 Å². The first-order chi connectivity index (χ1) is 10.5. The van der Waals surface area contributed by atoms with Gasteiger partial charge in [0.15, 0.2) is 11.5 Å². The highest BCUT2D eigenvalue weighted by atomic mass is 16.5. The Morgan fingerprint density at radius 2 is 1.64 bits per heavy atom. The van der Waals surface area contributed by atoms with Crippen molar-refractivity contribution in [2.45, 2.75) is 12.5 Å². The van der Waals surface area contributed by atoms with E-state index < -0.39 is 12.0 Å². The summed E-state index contributed by atoms with van der Waals surface area (Å²) in [5.41, 5.74) is 8.43. The smallest absolute Gasteiger partial charge is 0.320 e. The molecule has 3 N–H and O–H groups in total. The van der Waals surface area contributed by atoms with Gasteiger partial charge in [-0.1, -0.05) is 30.3 Å². The summed E-state index contributed by atoms with van der Waals surface area (Å²) in [5.74, 6) is 0.344. The van der Waals surface area contributed by atoms with Crippen molar-refractivity contribution in [2.75, 3.05) is 14.2 Å². The summed E-state index contributed by atoms with van der Waals surface area (Å²) in [6, 6.07) is 12.4. The summed E-state index contributed by atoms with van der Waals surface area (Å²) >= 11 is 0. The monoisotopic (exact) mass is 301 g/mol. The molecule has 2 aromatic carbocycles. The van der Waals surface area contributed by atoms with E-state index in [1.54, 1.807) is 14.2 Å². The Hall–Kier alpha value is -2.53. The quantitative estimate of drug-likeness (QED) is 0.855. The molecule has 0 unspecified atom stereocenters. The van der Waals surface area contributed by atoms with E-state index in [0.717, 1.165) is 16.7 Å². The van der Waals surface area contributed by atoms with Gasteiger partial charge < -0.3 is 20.3 Å². The van der Waals surface area contributed by atoms with E-state index in [0.29, 0.717) is 17.9 Å². The average Bonchev–Trinajstić information content (AvgIpc) is 2.54. The fraction of sp³-hybridized carbons (Fsp3) is 0.235. The Labute approximate surface area is 129 Å². The highest BCUT2D eigenvalue weighted by molar-refractivity contribution is 5.73. The Balaban J connectivity index is 2.21. The Morgan fingerprint density at radius 1 is 1.05 bits per heavy atom. The minimum absolute atomic E-state index is 0.307. The van der Waals surface area contributed by atoms with Crippen molar-refractivity contribution >= 4 is 5.97 Å². The van der Waals surface area contributed by atoms with E-state index in [1.165, 1.54) is 0 Å². The predicted octanol–water partition coefficient (Wildman–Crippen LogP) is 2.33. The van der Waals surface area contributed by atoms with Crippen LogP contribution in [0.25, 0.3) is 11.1 Å². The zero-order valence-electron chi connectivity index (χ0n) is 12.6. The number of methoxy groups -OCH3 is 2. The van der Waals surface area contributed by atoms with Crippen LogP contribution in [0.15, 0.2) is 42.5 Å². The van der Waals surface area contributed by atoms with Crippen molar-refractivity contribution < 1.29 is 19.4 Å². The molecular formula is C17H19NO4. The van der Waals surface area contributed by atoms with Gasteiger partial charge in [-0.05, 0) is 35.2 Å². The van der Waals surface area contributed by atoms with Crippen LogP contribution in [0, 0.1) is 0 Å². The summed E-state index contributed by atoms with van der Waals surface area (Å²) in [7, 11) is 3.19. The second kappa shape index (κ2) is 6.95. The van der Waals surface area contributed by atoms with Gasteiger partial charge in [0.1, 0.15) is 6.04 Å². The first-order valence-corrected chi connectivity index (χ1v) is 6.85. The lowest BCUT2D eigenvalue weighted by molar-refractivity contribution is -0.138. The first kappa shape index (κ1) is 15.9. The third kappa shape index (κ3) is 3.56. The van der Waals surface area contributed by atoms with E-state index in [9.17, 15) is 4.79 Å². The van der Waals surface area contributed by atoms with Gasteiger partial charge in [0.25, 0.3) is 0 Å². The van der Waals surface area contributed by atoms with E-state index in [1.807, 2.05) is 42.5 Å². The number of carboxylic acid groups (broad SMARTS) is 1. The van der Waals surface area contributed by atoms with Gasteiger partial charge in [-0.15, -0.1) is 0 Å². The Bertz CT molecular complexity index is 652. The van der Waals surface area contributed by atoms with Crippen molar-refractivity contribution in [3.8, 4) is 22.6 Å². The number of rotatable bonds is 6. The van der Waals surface area contributed by atoms with Crippen LogP contribution in [0.5, 0.6) is 11.5 Å². The minimum atomic E-state index is -0.996. The first-order valence-electron chi connectivity index (χ1n) is 6.85. The van der Waals surface area contributed by atoms with Gasteiger partial charge in [-0.3, -0.25) is 4.79 Å². The minimum Gasteiger partial charge on any atom is -0.493 e. The average molecular weight is 301 g/mol. The zero-order valence-corrected chi connectivity index (χ0v) is 12.6. The number of hydrogen-bond donors (Lipinski definition) is 2. The van der Waals surface area contributed by atoms with Gasteiger partial charge in [-0.2, -0.15) is 0 Å². The summed E-state index contributed by atoms with van der Waals surface area (Å²) in [6.07, 6.45) is 0.307. The number of carboxylic acids is 1.